The summed E-state index contributed by atoms with van der Waals surface area (Å²) in [6.45, 7) is 4.59. The molecule has 3 nitrogen and oxygen atoms in total. The van der Waals surface area contributed by atoms with Gasteiger partial charge < -0.3 is 5.32 Å². The van der Waals surface area contributed by atoms with Crippen molar-refractivity contribution in [2.24, 2.45) is 0 Å². The minimum absolute atomic E-state index is 0.820. The van der Waals surface area contributed by atoms with Crippen LogP contribution in [0.4, 0.5) is 5.82 Å². The molecule has 0 amide bonds. The molecule has 0 saturated heterocycles. The maximum absolute atomic E-state index is 4.15. The Morgan fingerprint density at radius 2 is 2.15 bits per heavy atom. The van der Waals surface area contributed by atoms with Crippen molar-refractivity contribution >= 4 is 5.82 Å². The molecule has 0 saturated carbocycles. The van der Waals surface area contributed by atoms with Crippen molar-refractivity contribution in [1.29, 1.82) is 0 Å². The summed E-state index contributed by atoms with van der Waals surface area (Å²) in [7, 11) is 0. The summed E-state index contributed by atoms with van der Waals surface area (Å²) in [5, 5.41) is 3.17. The fourth-order valence-corrected chi connectivity index (χ4v) is 0.950. The third kappa shape index (κ3) is 3.12. The van der Waals surface area contributed by atoms with Crippen LogP contribution in [0.3, 0.4) is 0 Å². The van der Waals surface area contributed by atoms with E-state index in [-0.39, 0.29) is 0 Å². The third-order valence-electron chi connectivity index (χ3n) is 1.60. The lowest BCUT2D eigenvalue weighted by molar-refractivity contribution is 1.03. The number of rotatable bonds is 3. The number of aromatic nitrogens is 2. The largest absolute Gasteiger partial charge is 0.368 e. The quantitative estimate of drug-likeness (QED) is 0.560. The van der Waals surface area contributed by atoms with E-state index in [0.29, 0.717) is 0 Å². The van der Waals surface area contributed by atoms with E-state index in [2.05, 4.69) is 27.1 Å². The molecule has 0 unspecified atom stereocenters. The molecule has 0 aromatic carbocycles. The second kappa shape index (κ2) is 5.15. The van der Waals surface area contributed by atoms with Crippen LogP contribution in [-0.2, 0) is 0 Å². The highest BCUT2D eigenvalue weighted by Crippen LogP contribution is 2.04. The first-order valence-corrected chi connectivity index (χ1v) is 4.25. The molecule has 0 bridgehead atoms. The topological polar surface area (TPSA) is 37.8 Å². The molecule has 0 atom stereocenters. The molecule has 0 spiro atoms. The van der Waals surface area contributed by atoms with Crippen molar-refractivity contribution in [1.82, 2.24) is 9.97 Å². The van der Waals surface area contributed by atoms with Gasteiger partial charge in [0.15, 0.2) is 0 Å². The number of hydrogen-bond acceptors (Lipinski definition) is 3. The van der Waals surface area contributed by atoms with Crippen molar-refractivity contribution < 1.29 is 0 Å². The van der Waals surface area contributed by atoms with Crippen LogP contribution in [-0.4, -0.2) is 16.5 Å². The van der Waals surface area contributed by atoms with Gasteiger partial charge in [0, 0.05) is 25.4 Å². The fraction of sp³-hybridized carbons (Fsp3) is 0.400. The fourth-order valence-electron chi connectivity index (χ4n) is 0.950. The monoisotopic (exact) mass is 175 g/mol. The summed E-state index contributed by atoms with van der Waals surface area (Å²) in [6.07, 6.45) is 4.21. The van der Waals surface area contributed by atoms with Crippen LogP contribution in [0.25, 0.3) is 0 Å². The Morgan fingerprint density at radius 1 is 1.38 bits per heavy atom. The van der Waals surface area contributed by atoms with Gasteiger partial charge in [-0.1, -0.05) is 0 Å². The van der Waals surface area contributed by atoms with E-state index in [1.165, 1.54) is 0 Å². The molecule has 1 rings (SSSR count). The predicted molar refractivity (Wildman–Crippen MR) is 53.3 cm³/mol. The van der Waals surface area contributed by atoms with Crippen molar-refractivity contribution in [3.8, 4) is 11.8 Å². The average Bonchev–Trinajstić information content (AvgIpc) is 2.15. The molecule has 3 heteroatoms. The molecule has 1 heterocycles. The van der Waals surface area contributed by atoms with Gasteiger partial charge >= 0.3 is 0 Å². The minimum atomic E-state index is 0.820. The zero-order chi connectivity index (χ0) is 9.52. The second-order valence-corrected chi connectivity index (χ2v) is 2.59. The summed E-state index contributed by atoms with van der Waals surface area (Å²) in [6, 6.07) is 0. The van der Waals surface area contributed by atoms with Gasteiger partial charge in [-0.05, 0) is 13.8 Å². The van der Waals surface area contributed by atoms with Crippen molar-refractivity contribution in [2.45, 2.75) is 20.3 Å². The van der Waals surface area contributed by atoms with Crippen molar-refractivity contribution in [3.05, 3.63) is 18.1 Å². The highest BCUT2D eigenvalue weighted by Gasteiger charge is 1.96. The van der Waals surface area contributed by atoms with Crippen LogP contribution in [0.5, 0.6) is 0 Å². The maximum atomic E-state index is 4.15. The lowest BCUT2D eigenvalue weighted by atomic mass is 10.4. The Labute approximate surface area is 78.6 Å². The van der Waals surface area contributed by atoms with E-state index in [0.717, 1.165) is 24.5 Å². The summed E-state index contributed by atoms with van der Waals surface area (Å²) >= 11 is 0. The van der Waals surface area contributed by atoms with Gasteiger partial charge in [-0.15, -0.1) is 11.8 Å². The summed E-state index contributed by atoms with van der Waals surface area (Å²) in [5.41, 5.74) is 0.923. The van der Waals surface area contributed by atoms with Crippen LogP contribution in [0, 0.1) is 18.8 Å². The van der Waals surface area contributed by atoms with E-state index < -0.39 is 0 Å². The highest BCUT2D eigenvalue weighted by atomic mass is 15.0. The Morgan fingerprint density at radius 3 is 2.85 bits per heavy atom. The molecular weight excluding hydrogens is 162 g/mol. The molecule has 1 aromatic heterocycles. The number of anilines is 1. The van der Waals surface area contributed by atoms with Gasteiger partial charge in [-0.25, -0.2) is 4.98 Å². The van der Waals surface area contributed by atoms with Crippen LogP contribution in [0.15, 0.2) is 12.4 Å². The average molecular weight is 175 g/mol. The SMILES string of the molecule is CC#CCCNc1nccnc1C. The standard InChI is InChI=1S/C10H13N3/c1-3-4-5-6-12-10-9(2)11-7-8-13-10/h7-8H,5-6H2,1-2H3,(H,12,13). The van der Waals surface area contributed by atoms with Crippen LogP contribution >= 0.6 is 0 Å². The third-order valence-corrected chi connectivity index (χ3v) is 1.60. The molecule has 0 aliphatic carbocycles. The maximum Gasteiger partial charge on any atom is 0.147 e. The summed E-state index contributed by atoms with van der Waals surface area (Å²) in [4.78, 5) is 8.27. The van der Waals surface area contributed by atoms with Crippen molar-refractivity contribution in [2.75, 3.05) is 11.9 Å². The lowest BCUT2D eigenvalue weighted by Crippen LogP contribution is -2.04. The number of hydrogen-bond donors (Lipinski definition) is 1. The first kappa shape index (κ1) is 9.53. The van der Waals surface area contributed by atoms with E-state index in [1.54, 1.807) is 12.4 Å². The molecule has 0 fully saturated rings. The van der Waals surface area contributed by atoms with Crippen molar-refractivity contribution in [3.63, 3.8) is 0 Å². The van der Waals surface area contributed by atoms with Gasteiger partial charge in [-0.2, -0.15) is 0 Å². The normalized spacial score (nSPS) is 8.77. The predicted octanol–water partition coefficient (Wildman–Crippen LogP) is 1.61. The van der Waals surface area contributed by atoms with Gasteiger partial charge in [0.05, 0.1) is 5.69 Å². The molecule has 0 radical (unpaired) electrons. The van der Waals surface area contributed by atoms with Crippen LogP contribution in [0.1, 0.15) is 19.0 Å². The Kier molecular flexibility index (Phi) is 3.77. The molecule has 13 heavy (non-hydrogen) atoms. The van der Waals surface area contributed by atoms with Gasteiger partial charge in [0.25, 0.3) is 0 Å². The molecule has 1 N–H and O–H groups in total. The first-order valence-electron chi connectivity index (χ1n) is 4.25. The minimum Gasteiger partial charge on any atom is -0.368 e. The van der Waals surface area contributed by atoms with Gasteiger partial charge in [0.2, 0.25) is 0 Å². The first-order chi connectivity index (χ1) is 6.34. The number of aryl methyl sites for hydroxylation is 1. The Balaban J connectivity index is 2.44. The number of nitrogens with zero attached hydrogens (tertiary/aromatic N) is 2. The van der Waals surface area contributed by atoms with E-state index in [1.807, 2.05) is 13.8 Å². The highest BCUT2D eigenvalue weighted by molar-refractivity contribution is 5.38. The van der Waals surface area contributed by atoms with Gasteiger partial charge in [0.1, 0.15) is 5.82 Å². The van der Waals surface area contributed by atoms with Crippen LogP contribution < -0.4 is 5.32 Å². The summed E-state index contributed by atoms with van der Waals surface area (Å²) in [5.74, 6) is 6.67. The van der Waals surface area contributed by atoms with E-state index >= 15 is 0 Å². The number of nitrogens with one attached hydrogen (secondary N) is 1. The molecule has 0 aliphatic heterocycles. The smallest absolute Gasteiger partial charge is 0.147 e. The van der Waals surface area contributed by atoms with Gasteiger partial charge in [-0.3, -0.25) is 4.98 Å². The zero-order valence-corrected chi connectivity index (χ0v) is 7.96. The summed E-state index contributed by atoms with van der Waals surface area (Å²) < 4.78 is 0. The molecule has 0 aliphatic rings. The van der Waals surface area contributed by atoms with Crippen LogP contribution in [0.2, 0.25) is 0 Å². The Hall–Kier alpha value is -1.56. The zero-order valence-electron chi connectivity index (χ0n) is 7.96. The molecular formula is C10H13N3. The van der Waals surface area contributed by atoms with E-state index in [4.69, 9.17) is 0 Å². The Bertz CT molecular complexity index is 322. The molecule has 1 aromatic rings. The second-order valence-electron chi connectivity index (χ2n) is 2.59. The van der Waals surface area contributed by atoms with E-state index in [9.17, 15) is 0 Å². The lowest BCUT2D eigenvalue weighted by Gasteiger charge is -2.04. The molecule has 68 valence electrons.